The Morgan fingerprint density at radius 3 is 2.50 bits per heavy atom. The second-order valence-electron chi connectivity index (χ2n) is 5.16. The number of nitrogens with zero attached hydrogens (tertiary/aromatic N) is 3. The molecular weight excluding hydrogens is 397 g/mol. The van der Waals surface area contributed by atoms with Crippen LogP contribution in [0.5, 0.6) is 0 Å². The van der Waals surface area contributed by atoms with Crippen LogP contribution in [0.15, 0.2) is 35.6 Å². The number of hydrogen-bond donors (Lipinski definition) is 1. The molecule has 0 aromatic carbocycles. The summed E-state index contributed by atoms with van der Waals surface area (Å²) in [5.74, 6) is -0.0578. The molecule has 26 heavy (non-hydrogen) atoms. The van der Waals surface area contributed by atoms with Gasteiger partial charge >= 0.3 is 0 Å². The Morgan fingerprint density at radius 1 is 1.31 bits per heavy atom. The Balaban J connectivity index is 0.000000758. The number of fused-ring (bicyclic) bond motifs is 1. The summed E-state index contributed by atoms with van der Waals surface area (Å²) in [6, 6.07) is 5.63. The smallest absolute Gasteiger partial charge is 0.290 e. The third kappa shape index (κ3) is 4.35. The number of pyridine rings is 2. The predicted octanol–water partition coefficient (Wildman–Crippen LogP) is 4.19. The van der Waals surface area contributed by atoms with Crippen molar-refractivity contribution < 1.29 is 14.7 Å². The standard InChI is InChI=1S/C16H13Cl2N3OS.CH2O2/c1-9-5-14-10(3-4-16(23-2)21(14)20-9)15(22)6-11-12(17)7-19-8-13(11)18;2-1-3/h3-5,7-8H,6H2,1-2H3;1H,(H,2,3). The van der Waals surface area contributed by atoms with Gasteiger partial charge in [0.1, 0.15) is 0 Å². The van der Waals surface area contributed by atoms with Crippen LogP contribution in [0.25, 0.3) is 5.52 Å². The summed E-state index contributed by atoms with van der Waals surface area (Å²) in [7, 11) is 0. The molecule has 0 unspecified atom stereocenters. The van der Waals surface area contributed by atoms with Gasteiger partial charge in [0.25, 0.3) is 6.47 Å². The van der Waals surface area contributed by atoms with E-state index in [0.29, 0.717) is 21.2 Å². The molecule has 136 valence electrons. The van der Waals surface area contributed by atoms with Gasteiger partial charge in [-0.1, -0.05) is 23.2 Å². The molecule has 0 amide bonds. The molecule has 0 aliphatic carbocycles. The quantitative estimate of drug-likeness (QED) is 0.393. The van der Waals surface area contributed by atoms with E-state index >= 15 is 0 Å². The lowest BCUT2D eigenvalue weighted by molar-refractivity contribution is -0.122. The second kappa shape index (κ2) is 9.02. The highest BCUT2D eigenvalue weighted by Gasteiger charge is 2.17. The number of carboxylic acid groups (broad SMARTS) is 1. The molecule has 0 aliphatic rings. The van der Waals surface area contributed by atoms with E-state index < -0.39 is 0 Å². The van der Waals surface area contributed by atoms with Gasteiger partial charge in [-0.05, 0) is 31.4 Å². The summed E-state index contributed by atoms with van der Waals surface area (Å²) >= 11 is 13.8. The number of carbonyl (C=O) groups excluding carboxylic acids is 1. The van der Waals surface area contributed by atoms with Gasteiger partial charge in [-0.15, -0.1) is 11.8 Å². The normalized spacial score (nSPS) is 10.3. The lowest BCUT2D eigenvalue weighted by Crippen LogP contribution is -2.08. The molecule has 6 nitrogen and oxygen atoms in total. The number of halogens is 2. The average molecular weight is 412 g/mol. The number of rotatable bonds is 4. The lowest BCUT2D eigenvalue weighted by atomic mass is 10.0. The zero-order valence-electron chi connectivity index (χ0n) is 13.9. The van der Waals surface area contributed by atoms with Gasteiger partial charge in [0.05, 0.1) is 26.3 Å². The molecule has 3 aromatic heterocycles. The van der Waals surface area contributed by atoms with Gasteiger partial charge < -0.3 is 5.11 Å². The fourth-order valence-electron chi connectivity index (χ4n) is 2.42. The first-order valence-electron chi connectivity index (χ1n) is 7.35. The van der Waals surface area contributed by atoms with E-state index in [1.165, 1.54) is 12.4 Å². The molecule has 1 N–H and O–H groups in total. The Bertz CT molecular complexity index is 940. The number of thioether (sulfide) groups is 1. The molecule has 0 atom stereocenters. The number of ketones is 1. The summed E-state index contributed by atoms with van der Waals surface area (Å²) in [5, 5.41) is 13.1. The first-order valence-corrected chi connectivity index (χ1v) is 9.33. The summed E-state index contributed by atoms with van der Waals surface area (Å²) in [5.41, 5.74) is 2.85. The van der Waals surface area contributed by atoms with Gasteiger partial charge in [-0.25, -0.2) is 4.52 Å². The van der Waals surface area contributed by atoms with Gasteiger partial charge in [0.2, 0.25) is 0 Å². The molecule has 0 saturated heterocycles. The number of hydrogen-bond acceptors (Lipinski definition) is 5. The number of Topliss-reactive ketones (excluding diaryl/α,β-unsaturated/α-hetero) is 1. The fourth-order valence-corrected chi connectivity index (χ4v) is 3.44. The Kier molecular flexibility index (Phi) is 7.02. The van der Waals surface area contributed by atoms with E-state index in [9.17, 15) is 4.79 Å². The Hall–Kier alpha value is -2.09. The minimum atomic E-state index is -0.250. The van der Waals surface area contributed by atoms with E-state index in [-0.39, 0.29) is 18.7 Å². The van der Waals surface area contributed by atoms with E-state index in [1.807, 2.05) is 31.4 Å². The molecule has 0 saturated carbocycles. The average Bonchev–Trinajstić information content (AvgIpc) is 2.99. The van der Waals surface area contributed by atoms with Gasteiger partial charge in [0, 0.05) is 29.9 Å². The molecule has 3 aromatic rings. The van der Waals surface area contributed by atoms with E-state index in [4.69, 9.17) is 33.1 Å². The van der Waals surface area contributed by atoms with Crippen molar-refractivity contribution in [2.75, 3.05) is 6.26 Å². The first-order chi connectivity index (χ1) is 12.4. The molecular formula is C17H15Cl2N3O3S. The molecule has 0 bridgehead atoms. The molecule has 3 rings (SSSR count). The van der Waals surface area contributed by atoms with Gasteiger partial charge in [0.15, 0.2) is 5.78 Å². The zero-order chi connectivity index (χ0) is 19.3. The topological polar surface area (TPSA) is 84.6 Å². The summed E-state index contributed by atoms with van der Waals surface area (Å²) in [6.45, 7) is 1.65. The van der Waals surface area contributed by atoms with Crippen molar-refractivity contribution in [1.82, 2.24) is 14.6 Å². The largest absolute Gasteiger partial charge is 0.483 e. The van der Waals surface area contributed by atoms with Crippen LogP contribution < -0.4 is 0 Å². The predicted molar refractivity (Wildman–Crippen MR) is 103 cm³/mol. The van der Waals surface area contributed by atoms with Crippen molar-refractivity contribution in [3.63, 3.8) is 0 Å². The Morgan fingerprint density at radius 2 is 1.92 bits per heavy atom. The van der Waals surface area contributed by atoms with Crippen LogP contribution in [0.3, 0.4) is 0 Å². The van der Waals surface area contributed by atoms with Crippen LogP contribution in [0, 0.1) is 6.92 Å². The second-order valence-corrected chi connectivity index (χ2v) is 6.80. The highest BCUT2D eigenvalue weighted by atomic mass is 35.5. The van der Waals surface area contributed by atoms with Crippen molar-refractivity contribution in [3.05, 3.63) is 57.5 Å². The van der Waals surface area contributed by atoms with Crippen LogP contribution in [-0.4, -0.2) is 38.2 Å². The van der Waals surface area contributed by atoms with Crippen molar-refractivity contribution >= 4 is 52.7 Å². The highest BCUT2D eigenvalue weighted by Crippen LogP contribution is 2.27. The van der Waals surface area contributed by atoms with Crippen molar-refractivity contribution in [1.29, 1.82) is 0 Å². The third-order valence-electron chi connectivity index (χ3n) is 3.51. The lowest BCUT2D eigenvalue weighted by Gasteiger charge is -2.08. The van der Waals surface area contributed by atoms with Crippen molar-refractivity contribution in [2.45, 2.75) is 18.4 Å². The number of aryl methyl sites for hydroxylation is 1. The van der Waals surface area contributed by atoms with Gasteiger partial charge in [-0.2, -0.15) is 5.10 Å². The van der Waals surface area contributed by atoms with Crippen LogP contribution in [0.4, 0.5) is 0 Å². The van der Waals surface area contributed by atoms with E-state index in [0.717, 1.165) is 16.2 Å². The minimum absolute atomic E-state index is 0.0578. The molecule has 0 fully saturated rings. The summed E-state index contributed by atoms with van der Waals surface area (Å²) < 4.78 is 1.79. The third-order valence-corrected chi connectivity index (χ3v) is 4.89. The van der Waals surface area contributed by atoms with Crippen LogP contribution in [0.2, 0.25) is 10.0 Å². The van der Waals surface area contributed by atoms with E-state index in [1.54, 1.807) is 16.3 Å². The minimum Gasteiger partial charge on any atom is -0.483 e. The maximum Gasteiger partial charge on any atom is 0.290 e. The summed E-state index contributed by atoms with van der Waals surface area (Å²) in [6.07, 6.45) is 5.08. The van der Waals surface area contributed by atoms with Crippen molar-refractivity contribution in [3.8, 4) is 0 Å². The maximum absolute atomic E-state index is 12.8. The van der Waals surface area contributed by atoms with Crippen LogP contribution in [0.1, 0.15) is 21.6 Å². The fraction of sp³-hybridized carbons (Fsp3) is 0.176. The molecule has 0 aliphatic heterocycles. The maximum atomic E-state index is 12.8. The molecule has 3 heterocycles. The van der Waals surface area contributed by atoms with Crippen molar-refractivity contribution in [2.24, 2.45) is 0 Å². The first kappa shape index (κ1) is 20.2. The zero-order valence-corrected chi connectivity index (χ0v) is 16.3. The van der Waals surface area contributed by atoms with E-state index in [2.05, 4.69) is 10.1 Å². The number of carbonyl (C=O) groups is 2. The van der Waals surface area contributed by atoms with Gasteiger partial charge in [-0.3, -0.25) is 14.6 Å². The number of aromatic nitrogens is 3. The molecule has 0 spiro atoms. The molecule has 0 radical (unpaired) electrons. The summed E-state index contributed by atoms with van der Waals surface area (Å²) in [4.78, 5) is 25.0. The Labute approximate surface area is 164 Å². The van der Waals surface area contributed by atoms with Crippen LogP contribution in [-0.2, 0) is 11.2 Å². The van der Waals surface area contributed by atoms with Crippen LogP contribution >= 0.6 is 35.0 Å². The highest BCUT2D eigenvalue weighted by molar-refractivity contribution is 7.98. The monoisotopic (exact) mass is 411 g/mol. The SMILES string of the molecule is CSc1ccc(C(=O)Cc2c(Cl)cncc2Cl)c2cc(C)nn12.O=CO. The molecule has 9 heteroatoms.